The highest BCUT2D eigenvalue weighted by Crippen LogP contribution is 2.41. The molecular formula is C25H24FN3O4S. The van der Waals surface area contributed by atoms with E-state index in [4.69, 9.17) is 0 Å². The zero-order valence-electron chi connectivity index (χ0n) is 18.6. The molecule has 0 aliphatic carbocycles. The zero-order valence-corrected chi connectivity index (χ0v) is 19.4. The average molecular weight is 482 g/mol. The summed E-state index contributed by atoms with van der Waals surface area (Å²) in [6, 6.07) is 15.6. The third-order valence-electron chi connectivity index (χ3n) is 6.53. The molecule has 7 nitrogen and oxygen atoms in total. The molecule has 1 fully saturated rings. The highest BCUT2D eigenvalue weighted by molar-refractivity contribution is 7.89. The van der Waals surface area contributed by atoms with E-state index >= 15 is 0 Å². The number of anilines is 1. The van der Waals surface area contributed by atoms with Crippen LogP contribution in [0.2, 0.25) is 0 Å². The second-order valence-corrected chi connectivity index (χ2v) is 10.8. The van der Waals surface area contributed by atoms with E-state index in [2.05, 4.69) is 5.32 Å². The van der Waals surface area contributed by atoms with Crippen molar-refractivity contribution in [3.8, 4) is 11.1 Å². The lowest BCUT2D eigenvalue weighted by Crippen LogP contribution is -2.49. The molecule has 2 bridgehead atoms. The number of rotatable bonds is 4. The Balaban J connectivity index is 1.51. The Morgan fingerprint density at radius 2 is 1.71 bits per heavy atom. The molecule has 1 N–H and O–H groups in total. The Kier molecular flexibility index (Phi) is 5.61. The standard InChI is InChI=1S/C25H24FN3O4S/c1-16(30)27-19-6-8-20(9-7-19)34(32,33)28-13-17-12-18(15-28)25-22(10-11-24(31)29(25)14-17)21-4-2-3-5-23(21)26/h2-11,17-18H,12-15H2,1H3,(H,27,30)/t17-,18+/m0/s1. The summed E-state index contributed by atoms with van der Waals surface area (Å²) in [5.74, 6) is -0.873. The van der Waals surface area contributed by atoms with E-state index in [1.165, 1.54) is 35.5 Å². The quantitative estimate of drug-likeness (QED) is 0.619. The second-order valence-electron chi connectivity index (χ2n) is 8.89. The minimum absolute atomic E-state index is 0.0201. The molecule has 1 amide bonds. The van der Waals surface area contributed by atoms with Crippen LogP contribution < -0.4 is 10.9 Å². The molecule has 3 heterocycles. The smallest absolute Gasteiger partial charge is 0.250 e. The van der Waals surface area contributed by atoms with E-state index in [0.29, 0.717) is 35.6 Å². The summed E-state index contributed by atoms with van der Waals surface area (Å²) >= 11 is 0. The molecule has 1 aromatic heterocycles. The molecular weight excluding hydrogens is 457 g/mol. The molecule has 2 atom stereocenters. The van der Waals surface area contributed by atoms with Crippen molar-refractivity contribution in [1.29, 1.82) is 0 Å². The fraction of sp³-hybridized carbons (Fsp3) is 0.280. The van der Waals surface area contributed by atoms with Gasteiger partial charge in [0.2, 0.25) is 15.9 Å². The number of carbonyl (C=O) groups excluding carboxylic acids is 1. The van der Waals surface area contributed by atoms with Crippen LogP contribution in [0.4, 0.5) is 10.1 Å². The van der Waals surface area contributed by atoms with E-state index in [0.717, 1.165) is 6.42 Å². The molecule has 1 saturated heterocycles. The molecule has 2 aliphatic heterocycles. The second kappa shape index (κ2) is 8.48. The number of piperidine rings is 1. The van der Waals surface area contributed by atoms with Crippen LogP contribution in [0.3, 0.4) is 0 Å². The molecule has 3 aromatic rings. The van der Waals surface area contributed by atoms with E-state index < -0.39 is 10.0 Å². The van der Waals surface area contributed by atoms with E-state index in [9.17, 15) is 22.4 Å². The third kappa shape index (κ3) is 3.95. The topological polar surface area (TPSA) is 88.5 Å². The SMILES string of the molecule is CC(=O)Nc1ccc(S(=O)(=O)N2C[C@@H]3C[C@H](C2)c2c(-c4ccccc4F)ccc(=O)n2C3)cc1. The number of aromatic nitrogens is 1. The van der Waals surface area contributed by atoms with Gasteiger partial charge in [-0.2, -0.15) is 4.31 Å². The summed E-state index contributed by atoms with van der Waals surface area (Å²) in [7, 11) is -3.79. The zero-order chi connectivity index (χ0) is 24.0. The molecule has 0 unspecified atom stereocenters. The maximum atomic E-state index is 14.6. The van der Waals surface area contributed by atoms with Gasteiger partial charge in [-0.15, -0.1) is 0 Å². The number of nitrogens with one attached hydrogen (secondary N) is 1. The van der Waals surface area contributed by atoms with Crippen molar-refractivity contribution in [3.63, 3.8) is 0 Å². The first-order chi connectivity index (χ1) is 16.2. The van der Waals surface area contributed by atoms with Crippen LogP contribution in [0.25, 0.3) is 11.1 Å². The number of carbonyl (C=O) groups is 1. The van der Waals surface area contributed by atoms with E-state index in [1.54, 1.807) is 41.0 Å². The Morgan fingerprint density at radius 1 is 0.971 bits per heavy atom. The molecule has 0 radical (unpaired) electrons. The van der Waals surface area contributed by atoms with Crippen molar-refractivity contribution >= 4 is 21.6 Å². The van der Waals surface area contributed by atoms with Crippen LogP contribution >= 0.6 is 0 Å². The molecule has 9 heteroatoms. The number of fused-ring (bicyclic) bond motifs is 4. The highest BCUT2D eigenvalue weighted by atomic mass is 32.2. The summed E-state index contributed by atoms with van der Waals surface area (Å²) in [5.41, 5.74) is 2.08. The molecule has 2 aliphatic rings. The summed E-state index contributed by atoms with van der Waals surface area (Å²) in [6.45, 7) is 2.29. The predicted octanol–water partition coefficient (Wildman–Crippen LogP) is 3.42. The molecule has 2 aromatic carbocycles. The van der Waals surface area contributed by atoms with Gasteiger partial charge in [-0.05, 0) is 48.7 Å². The Labute approximate surface area is 196 Å². The molecule has 34 heavy (non-hydrogen) atoms. The Hall–Kier alpha value is -3.30. The van der Waals surface area contributed by atoms with Crippen molar-refractivity contribution < 1.29 is 17.6 Å². The van der Waals surface area contributed by atoms with Crippen LogP contribution in [-0.2, 0) is 21.4 Å². The number of hydrogen-bond donors (Lipinski definition) is 1. The number of amides is 1. The number of pyridine rings is 1. The third-order valence-corrected chi connectivity index (χ3v) is 8.38. The Bertz CT molecular complexity index is 1430. The van der Waals surface area contributed by atoms with E-state index in [-0.39, 0.29) is 40.6 Å². The van der Waals surface area contributed by atoms with Gasteiger partial charge in [0.1, 0.15) is 5.82 Å². The molecule has 5 rings (SSSR count). The lowest BCUT2D eigenvalue weighted by atomic mass is 9.81. The normalized spacial score (nSPS) is 19.9. The first-order valence-electron chi connectivity index (χ1n) is 11.1. The highest BCUT2D eigenvalue weighted by Gasteiger charge is 2.40. The van der Waals surface area contributed by atoms with Crippen LogP contribution in [-0.4, -0.2) is 36.3 Å². The maximum absolute atomic E-state index is 14.6. The average Bonchev–Trinajstić information content (AvgIpc) is 2.80. The van der Waals surface area contributed by atoms with Crippen LogP contribution in [0.5, 0.6) is 0 Å². The van der Waals surface area contributed by atoms with Gasteiger partial charge in [0.15, 0.2) is 0 Å². The number of sulfonamides is 1. The minimum atomic E-state index is -3.79. The lowest BCUT2D eigenvalue weighted by Gasteiger charge is -2.42. The number of hydrogen-bond acceptors (Lipinski definition) is 4. The summed E-state index contributed by atoms with van der Waals surface area (Å²) in [4.78, 5) is 24.1. The van der Waals surface area contributed by atoms with Gasteiger partial charge in [-0.25, -0.2) is 12.8 Å². The first-order valence-corrected chi connectivity index (χ1v) is 12.5. The first kappa shape index (κ1) is 22.5. The van der Waals surface area contributed by atoms with Gasteiger partial charge in [0.05, 0.1) is 4.90 Å². The minimum Gasteiger partial charge on any atom is -0.326 e. The summed E-state index contributed by atoms with van der Waals surface area (Å²) in [6.07, 6.45) is 0.735. The van der Waals surface area contributed by atoms with Crippen molar-refractivity contribution in [2.24, 2.45) is 5.92 Å². The van der Waals surface area contributed by atoms with Crippen LogP contribution in [0, 0.1) is 11.7 Å². The fourth-order valence-electron chi connectivity index (χ4n) is 5.14. The van der Waals surface area contributed by atoms with Crippen molar-refractivity contribution in [3.05, 3.63) is 82.5 Å². The summed E-state index contributed by atoms with van der Waals surface area (Å²) in [5, 5.41) is 2.63. The number of nitrogens with zero attached hydrogens (tertiary/aromatic N) is 2. The molecule has 0 saturated carbocycles. The molecule has 0 spiro atoms. The molecule has 176 valence electrons. The number of benzene rings is 2. The van der Waals surface area contributed by atoms with Gasteiger partial charge < -0.3 is 9.88 Å². The Morgan fingerprint density at radius 3 is 2.41 bits per heavy atom. The maximum Gasteiger partial charge on any atom is 0.250 e. The van der Waals surface area contributed by atoms with Gasteiger partial charge in [0, 0.05) is 61.1 Å². The van der Waals surface area contributed by atoms with Gasteiger partial charge in [0.25, 0.3) is 5.56 Å². The van der Waals surface area contributed by atoms with E-state index in [1.807, 2.05) is 0 Å². The van der Waals surface area contributed by atoms with Crippen molar-refractivity contribution in [2.45, 2.75) is 30.7 Å². The van der Waals surface area contributed by atoms with Gasteiger partial charge in [-0.1, -0.05) is 18.2 Å². The predicted molar refractivity (Wildman–Crippen MR) is 126 cm³/mol. The number of halogens is 1. The van der Waals surface area contributed by atoms with Gasteiger partial charge in [-0.3, -0.25) is 9.59 Å². The monoisotopic (exact) mass is 481 g/mol. The van der Waals surface area contributed by atoms with Crippen LogP contribution in [0.15, 0.2) is 70.4 Å². The van der Waals surface area contributed by atoms with Crippen LogP contribution in [0.1, 0.15) is 25.0 Å². The van der Waals surface area contributed by atoms with Gasteiger partial charge >= 0.3 is 0 Å². The van der Waals surface area contributed by atoms with Crippen molar-refractivity contribution in [1.82, 2.24) is 8.87 Å². The van der Waals surface area contributed by atoms with Crippen molar-refractivity contribution in [2.75, 3.05) is 18.4 Å². The summed E-state index contributed by atoms with van der Waals surface area (Å²) < 4.78 is 44.7. The largest absolute Gasteiger partial charge is 0.326 e. The fourth-order valence-corrected chi connectivity index (χ4v) is 6.70. The lowest BCUT2D eigenvalue weighted by molar-refractivity contribution is -0.114.